The van der Waals surface area contributed by atoms with Gasteiger partial charge in [-0.3, -0.25) is 14.3 Å². The van der Waals surface area contributed by atoms with Crippen LogP contribution in [0.5, 0.6) is 0 Å². The maximum absolute atomic E-state index is 4.93. The number of aromatic nitrogens is 7. The van der Waals surface area contributed by atoms with E-state index in [0.717, 1.165) is 64.4 Å². The van der Waals surface area contributed by atoms with Gasteiger partial charge in [0.25, 0.3) is 0 Å². The fraction of sp³-hybridized carbons (Fsp3) is 0.393. The lowest BCUT2D eigenvalue weighted by Crippen LogP contribution is -2.12. The van der Waals surface area contributed by atoms with Gasteiger partial charge < -0.3 is 10.6 Å². The minimum atomic E-state index is 0.398. The molecule has 4 aromatic heterocycles. The minimum Gasteiger partial charge on any atom is -0.394 e. The molecule has 0 bridgehead atoms. The van der Waals surface area contributed by atoms with Crippen molar-refractivity contribution in [1.82, 2.24) is 39.8 Å². The first-order valence-electron chi connectivity index (χ1n) is 12.9. The Balaban J connectivity index is 1.52. The first-order valence-corrected chi connectivity index (χ1v) is 12.9. The van der Waals surface area contributed by atoms with Gasteiger partial charge in [0.05, 0.1) is 34.7 Å². The highest BCUT2D eigenvalue weighted by Crippen LogP contribution is 2.40. The molecular formula is C28H35N9. The Morgan fingerprint density at radius 3 is 2.62 bits per heavy atom. The minimum absolute atomic E-state index is 0.398. The lowest BCUT2D eigenvalue weighted by molar-refractivity contribution is 0.456. The number of nitrogens with zero attached hydrogens (tertiary/aromatic N) is 7. The van der Waals surface area contributed by atoms with Crippen molar-refractivity contribution in [2.24, 2.45) is 25.9 Å². The molecule has 37 heavy (non-hydrogen) atoms. The molecule has 2 N–H and O–H groups in total. The van der Waals surface area contributed by atoms with Crippen molar-refractivity contribution >= 4 is 17.2 Å². The van der Waals surface area contributed by atoms with Crippen molar-refractivity contribution in [1.29, 1.82) is 0 Å². The zero-order chi connectivity index (χ0) is 26.1. The van der Waals surface area contributed by atoms with E-state index in [2.05, 4.69) is 59.8 Å². The molecule has 4 aromatic rings. The van der Waals surface area contributed by atoms with Crippen LogP contribution in [-0.4, -0.2) is 41.6 Å². The van der Waals surface area contributed by atoms with Crippen LogP contribution < -0.4 is 10.6 Å². The highest BCUT2D eigenvalue weighted by Gasteiger charge is 2.27. The molecule has 2 atom stereocenters. The van der Waals surface area contributed by atoms with Crippen molar-refractivity contribution in [2.45, 2.75) is 40.0 Å². The van der Waals surface area contributed by atoms with Gasteiger partial charge in [0.2, 0.25) is 5.95 Å². The summed E-state index contributed by atoms with van der Waals surface area (Å²) in [5, 5.41) is 15.6. The molecule has 0 amide bonds. The van der Waals surface area contributed by atoms with E-state index >= 15 is 0 Å². The molecule has 2 unspecified atom stereocenters. The van der Waals surface area contributed by atoms with E-state index in [1.54, 1.807) is 10.9 Å². The van der Waals surface area contributed by atoms with Crippen molar-refractivity contribution in [2.75, 3.05) is 12.4 Å². The summed E-state index contributed by atoms with van der Waals surface area (Å²) in [7, 11) is 5.82. The monoisotopic (exact) mass is 497 g/mol. The van der Waals surface area contributed by atoms with Gasteiger partial charge in [-0.05, 0) is 47.9 Å². The summed E-state index contributed by atoms with van der Waals surface area (Å²) >= 11 is 0. The quantitative estimate of drug-likeness (QED) is 0.362. The Morgan fingerprint density at radius 1 is 1.11 bits per heavy atom. The van der Waals surface area contributed by atoms with Crippen LogP contribution in [0.1, 0.15) is 44.1 Å². The lowest BCUT2D eigenvalue weighted by Gasteiger charge is -2.22. The zero-order valence-corrected chi connectivity index (χ0v) is 22.4. The molecule has 192 valence electrons. The van der Waals surface area contributed by atoms with E-state index in [1.165, 1.54) is 5.57 Å². The lowest BCUT2D eigenvalue weighted by atomic mass is 9.85. The highest BCUT2D eigenvalue weighted by atomic mass is 15.3. The molecular weight excluding hydrogens is 462 g/mol. The Hall–Kier alpha value is -4.01. The standard InChI is InChI=1S/C28H35N9/c1-7-17(2)18(3)22(15-29-4)23-10-9-20(13-30-23)27-25-24(35-37(27)6)11-8-19-12-31-28(34-26(19)25)33-21-14-32-36(5)16-21/h9-10,12-18,29H,7-8,11H2,1-6H3,(H,31,33,34)/b22-15+. The average Bonchev–Trinajstić information content (AvgIpc) is 3.48. The predicted molar refractivity (Wildman–Crippen MR) is 147 cm³/mol. The van der Waals surface area contributed by atoms with Gasteiger partial charge in [0.15, 0.2) is 0 Å². The molecule has 0 aliphatic heterocycles. The van der Waals surface area contributed by atoms with Crippen LogP contribution in [-0.2, 0) is 26.9 Å². The van der Waals surface area contributed by atoms with Crippen molar-refractivity contribution in [3.63, 3.8) is 0 Å². The summed E-state index contributed by atoms with van der Waals surface area (Å²) < 4.78 is 3.70. The second-order valence-electron chi connectivity index (χ2n) is 9.88. The molecule has 9 heteroatoms. The largest absolute Gasteiger partial charge is 0.394 e. The van der Waals surface area contributed by atoms with Gasteiger partial charge in [-0.1, -0.05) is 27.2 Å². The summed E-state index contributed by atoms with van der Waals surface area (Å²) in [4.78, 5) is 14.4. The third kappa shape index (κ3) is 4.73. The van der Waals surface area contributed by atoms with Crippen LogP contribution >= 0.6 is 0 Å². The Morgan fingerprint density at radius 2 is 1.95 bits per heavy atom. The molecule has 5 rings (SSSR count). The van der Waals surface area contributed by atoms with Gasteiger partial charge in [-0.15, -0.1) is 0 Å². The predicted octanol–water partition coefficient (Wildman–Crippen LogP) is 4.76. The van der Waals surface area contributed by atoms with Gasteiger partial charge in [0.1, 0.15) is 0 Å². The third-order valence-corrected chi connectivity index (χ3v) is 7.43. The number of aryl methyl sites for hydroxylation is 4. The molecule has 1 aliphatic carbocycles. The molecule has 4 heterocycles. The summed E-state index contributed by atoms with van der Waals surface area (Å²) in [5.74, 6) is 1.51. The molecule has 0 fully saturated rings. The molecule has 0 saturated heterocycles. The Labute approximate surface area is 218 Å². The third-order valence-electron chi connectivity index (χ3n) is 7.43. The zero-order valence-electron chi connectivity index (χ0n) is 22.4. The van der Waals surface area contributed by atoms with Crippen LogP contribution in [0.15, 0.2) is 43.1 Å². The van der Waals surface area contributed by atoms with Crippen molar-refractivity contribution < 1.29 is 0 Å². The normalized spacial score (nSPS) is 14.6. The van der Waals surface area contributed by atoms with E-state index in [4.69, 9.17) is 15.1 Å². The number of pyridine rings is 1. The highest BCUT2D eigenvalue weighted by molar-refractivity contribution is 5.84. The van der Waals surface area contributed by atoms with Crippen LogP contribution in [0.4, 0.5) is 11.6 Å². The molecule has 1 aliphatic rings. The molecule has 0 radical (unpaired) electrons. The average molecular weight is 498 g/mol. The first kappa shape index (κ1) is 24.7. The fourth-order valence-corrected chi connectivity index (χ4v) is 5.03. The smallest absolute Gasteiger partial charge is 0.227 e. The van der Waals surface area contributed by atoms with Gasteiger partial charge in [-0.25, -0.2) is 9.97 Å². The van der Waals surface area contributed by atoms with Crippen molar-refractivity contribution in [3.8, 4) is 22.5 Å². The summed E-state index contributed by atoms with van der Waals surface area (Å²) in [6.45, 7) is 6.80. The second kappa shape index (κ2) is 10.2. The summed E-state index contributed by atoms with van der Waals surface area (Å²) in [6.07, 6.45) is 12.5. The fourth-order valence-electron chi connectivity index (χ4n) is 5.03. The number of nitrogens with one attached hydrogen (secondary N) is 2. The van der Waals surface area contributed by atoms with E-state index in [1.807, 2.05) is 44.4 Å². The first-order chi connectivity index (χ1) is 17.9. The number of hydrogen-bond donors (Lipinski definition) is 2. The Kier molecular flexibility index (Phi) is 6.78. The maximum Gasteiger partial charge on any atom is 0.227 e. The molecule has 0 spiro atoms. The SMILES string of the molecule is CCC(C)C(C)/C(=C\NC)c1ccc(-c2c3c(nn2C)CCc2cnc(Nc4cnn(C)c4)nc2-3)cn1. The number of fused-ring (bicyclic) bond motifs is 3. The van der Waals surface area contributed by atoms with Gasteiger partial charge in [-0.2, -0.15) is 10.2 Å². The van der Waals surface area contributed by atoms with Crippen LogP contribution in [0.3, 0.4) is 0 Å². The van der Waals surface area contributed by atoms with E-state index in [-0.39, 0.29) is 0 Å². The Bertz CT molecular complexity index is 1430. The van der Waals surface area contributed by atoms with E-state index in [9.17, 15) is 0 Å². The van der Waals surface area contributed by atoms with Crippen LogP contribution in [0.2, 0.25) is 0 Å². The number of rotatable bonds is 8. The molecule has 0 saturated carbocycles. The number of allylic oxidation sites excluding steroid dienone is 1. The van der Waals surface area contributed by atoms with Crippen LogP contribution in [0, 0.1) is 11.8 Å². The number of hydrogen-bond acceptors (Lipinski definition) is 7. The molecule has 0 aromatic carbocycles. The van der Waals surface area contributed by atoms with Crippen molar-refractivity contribution in [3.05, 3.63) is 60.1 Å². The van der Waals surface area contributed by atoms with Crippen LogP contribution in [0.25, 0.3) is 28.1 Å². The topological polar surface area (TPSA) is 98.4 Å². The maximum atomic E-state index is 4.93. The van der Waals surface area contributed by atoms with E-state index < -0.39 is 0 Å². The van der Waals surface area contributed by atoms with E-state index in [0.29, 0.717) is 17.8 Å². The van der Waals surface area contributed by atoms with Gasteiger partial charge in [0, 0.05) is 57.1 Å². The second-order valence-corrected chi connectivity index (χ2v) is 9.88. The number of anilines is 2. The molecule has 9 nitrogen and oxygen atoms in total. The summed E-state index contributed by atoms with van der Waals surface area (Å²) in [6, 6.07) is 4.27. The van der Waals surface area contributed by atoms with Gasteiger partial charge >= 0.3 is 0 Å². The summed E-state index contributed by atoms with van der Waals surface area (Å²) in [5.41, 5.74) is 9.29.